The molecule has 0 bridgehead atoms. The summed E-state index contributed by atoms with van der Waals surface area (Å²) in [6.45, 7) is 2.19. The van der Waals surface area contributed by atoms with E-state index in [0.717, 1.165) is 29.5 Å². The van der Waals surface area contributed by atoms with Gasteiger partial charge in [-0.3, -0.25) is 9.59 Å². The summed E-state index contributed by atoms with van der Waals surface area (Å²) < 4.78 is 6.83. The maximum Gasteiger partial charge on any atom is 0.267 e. The Morgan fingerprint density at radius 3 is 2.86 bits per heavy atom. The summed E-state index contributed by atoms with van der Waals surface area (Å²) in [6, 6.07) is 12.8. The molecule has 0 saturated heterocycles. The molecule has 1 aliphatic rings. The van der Waals surface area contributed by atoms with Crippen LogP contribution in [-0.4, -0.2) is 22.7 Å². The van der Waals surface area contributed by atoms with E-state index in [9.17, 15) is 14.7 Å². The quantitative estimate of drug-likeness (QED) is 0.731. The van der Waals surface area contributed by atoms with Gasteiger partial charge in [0.05, 0.1) is 12.6 Å². The number of rotatable bonds is 4. The number of hydrogen-bond donors (Lipinski definition) is 2. The number of nitrogens with one attached hydrogen (secondary N) is 1. The highest BCUT2D eigenvalue weighted by Gasteiger charge is 2.27. The van der Waals surface area contributed by atoms with Crippen LogP contribution in [0.1, 0.15) is 40.9 Å². The normalized spacial score (nSPS) is 15.4. The zero-order valence-corrected chi connectivity index (χ0v) is 15.9. The molecule has 0 fully saturated rings. The highest BCUT2D eigenvalue weighted by molar-refractivity contribution is 6.03. The van der Waals surface area contributed by atoms with Gasteiger partial charge in [-0.05, 0) is 49.1 Å². The molecule has 1 aliphatic heterocycles. The Bertz CT molecular complexity index is 1130. The lowest BCUT2D eigenvalue weighted by Gasteiger charge is -2.26. The predicted octanol–water partition coefficient (Wildman–Crippen LogP) is 3.15. The largest absolute Gasteiger partial charge is 0.506 e. The van der Waals surface area contributed by atoms with E-state index in [-0.39, 0.29) is 23.9 Å². The van der Waals surface area contributed by atoms with E-state index in [1.807, 2.05) is 43.3 Å². The van der Waals surface area contributed by atoms with Crippen molar-refractivity contribution in [3.05, 3.63) is 69.5 Å². The van der Waals surface area contributed by atoms with E-state index in [1.165, 1.54) is 0 Å². The molecule has 1 atom stereocenters. The Morgan fingerprint density at radius 1 is 1.29 bits per heavy atom. The molecule has 3 aromatic rings. The van der Waals surface area contributed by atoms with Gasteiger partial charge in [-0.25, -0.2) is 0 Å². The smallest absolute Gasteiger partial charge is 0.267 e. The lowest BCUT2D eigenvalue weighted by molar-refractivity contribution is 0.0946. The molecule has 4 rings (SSSR count). The van der Waals surface area contributed by atoms with Gasteiger partial charge in [0.2, 0.25) is 0 Å². The molecule has 28 heavy (non-hydrogen) atoms. The molecular formula is C22H22N2O4. The number of aryl methyl sites for hydroxylation is 1. The molecule has 2 aromatic carbocycles. The number of pyridine rings is 1. The van der Waals surface area contributed by atoms with Crippen LogP contribution in [0.25, 0.3) is 10.9 Å². The Morgan fingerprint density at radius 2 is 2.07 bits per heavy atom. The van der Waals surface area contributed by atoms with Crippen molar-refractivity contribution >= 4 is 16.8 Å². The number of benzene rings is 2. The molecule has 2 heterocycles. The van der Waals surface area contributed by atoms with E-state index in [1.54, 1.807) is 17.7 Å². The van der Waals surface area contributed by atoms with Crippen LogP contribution in [0.3, 0.4) is 0 Å². The van der Waals surface area contributed by atoms with Crippen molar-refractivity contribution in [2.75, 3.05) is 7.11 Å². The van der Waals surface area contributed by atoms with Gasteiger partial charge in [0, 0.05) is 18.0 Å². The summed E-state index contributed by atoms with van der Waals surface area (Å²) in [7, 11) is 1.58. The second-order valence-corrected chi connectivity index (χ2v) is 7.13. The van der Waals surface area contributed by atoms with Gasteiger partial charge in [-0.1, -0.05) is 24.3 Å². The van der Waals surface area contributed by atoms with Gasteiger partial charge in [-0.15, -0.1) is 0 Å². The average molecular weight is 378 g/mol. The summed E-state index contributed by atoms with van der Waals surface area (Å²) in [5.41, 5.74) is 1.93. The Labute approximate surface area is 162 Å². The number of aromatic hydroxyl groups is 1. The predicted molar refractivity (Wildman–Crippen MR) is 107 cm³/mol. The van der Waals surface area contributed by atoms with E-state index >= 15 is 0 Å². The number of nitrogens with zero attached hydrogens (tertiary/aromatic N) is 1. The zero-order valence-electron chi connectivity index (χ0n) is 15.9. The van der Waals surface area contributed by atoms with Gasteiger partial charge in [0.15, 0.2) is 0 Å². The summed E-state index contributed by atoms with van der Waals surface area (Å²) in [4.78, 5) is 25.9. The fourth-order valence-electron chi connectivity index (χ4n) is 3.90. The molecule has 0 spiro atoms. The van der Waals surface area contributed by atoms with E-state index < -0.39 is 11.5 Å². The molecule has 1 unspecified atom stereocenters. The van der Waals surface area contributed by atoms with Crippen LogP contribution >= 0.6 is 0 Å². The van der Waals surface area contributed by atoms with Crippen molar-refractivity contribution in [2.45, 2.75) is 32.4 Å². The van der Waals surface area contributed by atoms with Crippen LogP contribution in [0.2, 0.25) is 0 Å². The highest BCUT2D eigenvalue weighted by Crippen LogP contribution is 2.34. The van der Waals surface area contributed by atoms with Crippen LogP contribution in [-0.2, 0) is 13.0 Å². The number of aromatic nitrogens is 1. The van der Waals surface area contributed by atoms with Gasteiger partial charge >= 0.3 is 0 Å². The molecule has 0 aliphatic carbocycles. The maximum absolute atomic E-state index is 13.1. The van der Waals surface area contributed by atoms with Crippen molar-refractivity contribution in [3.8, 4) is 11.5 Å². The van der Waals surface area contributed by atoms with Crippen molar-refractivity contribution in [3.63, 3.8) is 0 Å². The molecule has 6 nitrogen and oxygen atoms in total. The van der Waals surface area contributed by atoms with E-state index in [0.29, 0.717) is 11.1 Å². The fourth-order valence-corrected chi connectivity index (χ4v) is 3.90. The fraction of sp³-hybridized carbons (Fsp3) is 0.273. The number of carbonyl (C=O) groups is 1. The number of hydrogen-bond acceptors (Lipinski definition) is 4. The minimum absolute atomic E-state index is 0.0320. The number of methoxy groups -OCH3 is 1. The van der Waals surface area contributed by atoms with Gasteiger partial charge in [0.25, 0.3) is 11.5 Å². The van der Waals surface area contributed by atoms with Crippen molar-refractivity contribution in [2.24, 2.45) is 0 Å². The lowest BCUT2D eigenvalue weighted by Crippen LogP contribution is -2.35. The number of ether oxygens (including phenoxy) is 1. The van der Waals surface area contributed by atoms with Gasteiger partial charge in [-0.2, -0.15) is 0 Å². The first-order chi connectivity index (χ1) is 13.5. The van der Waals surface area contributed by atoms with Gasteiger partial charge < -0.3 is 19.7 Å². The second kappa shape index (κ2) is 7.03. The third-order valence-corrected chi connectivity index (χ3v) is 5.37. The van der Waals surface area contributed by atoms with E-state index in [4.69, 9.17) is 4.74 Å². The zero-order chi connectivity index (χ0) is 19.8. The Hall–Kier alpha value is -3.28. The molecular weight excluding hydrogens is 356 g/mol. The third kappa shape index (κ3) is 2.91. The molecule has 1 aromatic heterocycles. The van der Waals surface area contributed by atoms with Crippen molar-refractivity contribution in [1.82, 2.24) is 9.88 Å². The molecule has 0 saturated carbocycles. The number of amides is 1. The highest BCUT2D eigenvalue weighted by atomic mass is 16.5. The number of carbonyl (C=O) groups excluding carboxylic acids is 1. The first-order valence-electron chi connectivity index (χ1n) is 9.31. The molecule has 1 amide bonds. The summed E-state index contributed by atoms with van der Waals surface area (Å²) in [5.74, 6) is -0.152. The first-order valence-corrected chi connectivity index (χ1v) is 9.31. The van der Waals surface area contributed by atoms with Crippen LogP contribution in [0.15, 0.2) is 47.3 Å². The molecule has 2 N–H and O–H groups in total. The first kappa shape index (κ1) is 18.1. The van der Waals surface area contributed by atoms with Crippen LogP contribution < -0.4 is 15.6 Å². The van der Waals surface area contributed by atoms with Gasteiger partial charge in [0.1, 0.15) is 17.1 Å². The third-order valence-electron chi connectivity index (χ3n) is 5.37. The molecule has 0 radical (unpaired) electrons. The topological polar surface area (TPSA) is 80.6 Å². The summed E-state index contributed by atoms with van der Waals surface area (Å²) in [6.07, 6.45) is 1.67. The average Bonchev–Trinajstić information content (AvgIpc) is 2.71. The van der Waals surface area contributed by atoms with E-state index in [2.05, 4.69) is 5.32 Å². The van der Waals surface area contributed by atoms with Crippen LogP contribution in [0.4, 0.5) is 0 Å². The Balaban J connectivity index is 1.74. The van der Waals surface area contributed by atoms with Crippen LogP contribution in [0, 0.1) is 0 Å². The van der Waals surface area contributed by atoms with Crippen molar-refractivity contribution in [1.29, 1.82) is 0 Å². The molecule has 144 valence electrons. The SMILES string of the molecule is COc1cccc(CNC(=O)c2c(O)c3cccc4c3n(c2=O)C(C)CC4)c1. The standard InChI is InChI=1S/C22H22N2O4/c1-13-9-10-15-6-4-8-17-19(15)24(13)22(27)18(20(17)25)21(26)23-12-14-5-3-7-16(11-14)28-2/h3-8,11,13,25H,9-10,12H2,1-2H3,(H,23,26). The molecule has 6 heteroatoms. The van der Waals surface area contributed by atoms with Crippen molar-refractivity contribution < 1.29 is 14.6 Å². The monoisotopic (exact) mass is 378 g/mol. The minimum Gasteiger partial charge on any atom is -0.506 e. The van der Waals surface area contributed by atoms with Crippen LogP contribution in [0.5, 0.6) is 11.5 Å². The minimum atomic E-state index is -0.584. The maximum atomic E-state index is 13.1. The summed E-state index contributed by atoms with van der Waals surface area (Å²) >= 11 is 0. The Kier molecular flexibility index (Phi) is 4.55. The second-order valence-electron chi connectivity index (χ2n) is 7.13. The number of para-hydroxylation sites is 1. The lowest BCUT2D eigenvalue weighted by atomic mass is 9.95. The summed E-state index contributed by atoms with van der Waals surface area (Å²) in [5, 5.41) is 14.0.